The van der Waals surface area contributed by atoms with Crippen molar-refractivity contribution in [3.05, 3.63) is 23.8 Å². The van der Waals surface area contributed by atoms with Crippen molar-refractivity contribution in [3.63, 3.8) is 0 Å². The molecule has 0 amide bonds. The van der Waals surface area contributed by atoms with Gasteiger partial charge >= 0.3 is 5.97 Å². The second-order valence-corrected chi connectivity index (χ2v) is 4.19. The van der Waals surface area contributed by atoms with Crippen molar-refractivity contribution >= 4 is 24.3 Å². The molecule has 0 aliphatic rings. The summed E-state index contributed by atoms with van der Waals surface area (Å²) in [5, 5.41) is 9.00. The topological polar surface area (TPSA) is 63.3 Å². The summed E-state index contributed by atoms with van der Waals surface area (Å²) in [5.41, 5.74) is 5.93. The quantitative estimate of drug-likeness (QED) is 0.517. The molecule has 0 spiro atoms. The minimum Gasteiger partial charge on any atom is -0.481 e. The van der Waals surface area contributed by atoms with Gasteiger partial charge in [-0.15, -0.1) is 12.6 Å². The number of carbonyl (C=O) groups is 1. The normalized spacial score (nSPS) is 11.4. The third-order valence-corrected chi connectivity index (χ3v) is 2.67. The Morgan fingerprint density at radius 2 is 2.07 bits per heavy atom. The largest absolute Gasteiger partial charge is 0.481 e. The van der Waals surface area contributed by atoms with Crippen molar-refractivity contribution in [2.45, 2.75) is 24.2 Å². The molecule has 0 saturated carbocycles. The van der Waals surface area contributed by atoms with Crippen LogP contribution in [0.1, 0.15) is 19.4 Å². The van der Waals surface area contributed by atoms with Crippen LogP contribution >= 0.6 is 12.6 Å². The van der Waals surface area contributed by atoms with Gasteiger partial charge in [-0.25, -0.2) is 0 Å². The van der Waals surface area contributed by atoms with Crippen LogP contribution in [-0.2, 0) is 10.2 Å². The summed E-state index contributed by atoms with van der Waals surface area (Å²) in [6.45, 7) is 3.29. The zero-order chi connectivity index (χ0) is 10.9. The second-order valence-electron chi connectivity index (χ2n) is 3.70. The molecule has 0 saturated heterocycles. The predicted octanol–water partition coefficient (Wildman–Crippen LogP) is 1.92. The van der Waals surface area contributed by atoms with Crippen LogP contribution in [0.2, 0.25) is 0 Å². The van der Waals surface area contributed by atoms with Crippen molar-refractivity contribution in [1.82, 2.24) is 0 Å². The van der Waals surface area contributed by atoms with Crippen LogP contribution in [0.25, 0.3) is 0 Å². The summed E-state index contributed by atoms with van der Waals surface area (Å²) in [4.78, 5) is 11.6. The highest BCUT2D eigenvalue weighted by molar-refractivity contribution is 7.80. The smallest absolute Gasteiger partial charge is 0.313 e. The summed E-state index contributed by atoms with van der Waals surface area (Å²) in [6.07, 6.45) is 0. The number of aliphatic carboxylic acids is 1. The first kappa shape index (κ1) is 10.9. The van der Waals surface area contributed by atoms with Crippen LogP contribution in [0.5, 0.6) is 0 Å². The van der Waals surface area contributed by atoms with E-state index in [2.05, 4.69) is 12.6 Å². The maximum absolute atomic E-state index is 11.0. The van der Waals surface area contributed by atoms with E-state index in [-0.39, 0.29) is 0 Å². The van der Waals surface area contributed by atoms with Crippen molar-refractivity contribution in [3.8, 4) is 0 Å². The van der Waals surface area contributed by atoms with Gasteiger partial charge in [0.1, 0.15) is 0 Å². The molecule has 0 bridgehead atoms. The molecule has 0 aliphatic heterocycles. The molecule has 0 aliphatic carbocycles. The number of hydrogen-bond acceptors (Lipinski definition) is 3. The van der Waals surface area contributed by atoms with Gasteiger partial charge in [-0.05, 0) is 31.5 Å². The van der Waals surface area contributed by atoms with Gasteiger partial charge in [0.05, 0.1) is 5.41 Å². The highest BCUT2D eigenvalue weighted by atomic mass is 32.1. The second kappa shape index (κ2) is 3.53. The van der Waals surface area contributed by atoms with Gasteiger partial charge in [-0.3, -0.25) is 4.79 Å². The van der Waals surface area contributed by atoms with E-state index in [0.29, 0.717) is 16.1 Å². The highest BCUT2D eigenvalue weighted by Crippen LogP contribution is 2.27. The molecule has 1 aromatic rings. The van der Waals surface area contributed by atoms with E-state index in [4.69, 9.17) is 10.8 Å². The molecule has 0 fully saturated rings. The average molecular weight is 211 g/mol. The van der Waals surface area contributed by atoms with Gasteiger partial charge in [-0.1, -0.05) is 6.07 Å². The minimum atomic E-state index is -0.912. The molecule has 0 aromatic heterocycles. The average Bonchev–Trinajstić information content (AvgIpc) is 2.09. The Balaban J connectivity index is 3.21. The van der Waals surface area contributed by atoms with Gasteiger partial charge in [0.15, 0.2) is 0 Å². The van der Waals surface area contributed by atoms with Gasteiger partial charge in [0.25, 0.3) is 0 Å². The molecule has 1 rings (SSSR count). The number of hydrogen-bond donors (Lipinski definition) is 3. The lowest BCUT2D eigenvalue weighted by Crippen LogP contribution is -2.28. The lowest BCUT2D eigenvalue weighted by Gasteiger charge is -2.20. The van der Waals surface area contributed by atoms with Crippen molar-refractivity contribution < 1.29 is 9.90 Å². The van der Waals surface area contributed by atoms with Crippen LogP contribution in [0, 0.1) is 0 Å². The van der Waals surface area contributed by atoms with Crippen molar-refractivity contribution in [2.24, 2.45) is 0 Å². The molecule has 1 aromatic carbocycles. The lowest BCUT2D eigenvalue weighted by atomic mass is 9.85. The highest BCUT2D eigenvalue weighted by Gasteiger charge is 2.29. The molecular formula is C10H13NO2S. The van der Waals surface area contributed by atoms with E-state index >= 15 is 0 Å². The van der Waals surface area contributed by atoms with E-state index in [0.717, 1.165) is 0 Å². The standard InChI is InChI=1S/C10H13NO2S/c1-10(2,9(12)13)6-3-4-7(11)8(14)5-6/h3-5,14H,11H2,1-2H3,(H,12,13). The van der Waals surface area contributed by atoms with Crippen LogP contribution < -0.4 is 5.73 Å². The van der Waals surface area contributed by atoms with E-state index in [9.17, 15) is 4.79 Å². The van der Waals surface area contributed by atoms with E-state index in [1.54, 1.807) is 32.0 Å². The first-order valence-corrected chi connectivity index (χ1v) is 4.63. The molecule has 3 N–H and O–H groups in total. The molecule has 0 heterocycles. The maximum atomic E-state index is 11.0. The molecule has 0 unspecified atom stereocenters. The monoisotopic (exact) mass is 211 g/mol. The van der Waals surface area contributed by atoms with Crippen LogP contribution in [0.4, 0.5) is 5.69 Å². The SMILES string of the molecule is CC(C)(C(=O)O)c1ccc(N)c(S)c1. The number of nitrogens with two attached hydrogens (primary N) is 1. The number of rotatable bonds is 2. The first-order chi connectivity index (χ1) is 6.35. The first-order valence-electron chi connectivity index (χ1n) is 4.18. The number of benzene rings is 1. The summed E-state index contributed by atoms with van der Waals surface area (Å²) in [6, 6.07) is 5.07. The Morgan fingerprint density at radius 3 is 2.50 bits per heavy atom. The Hall–Kier alpha value is -1.16. The summed E-state index contributed by atoms with van der Waals surface area (Å²) in [7, 11) is 0. The fourth-order valence-electron chi connectivity index (χ4n) is 1.06. The summed E-state index contributed by atoms with van der Waals surface area (Å²) >= 11 is 4.15. The molecule has 3 nitrogen and oxygen atoms in total. The number of carboxylic acid groups (broad SMARTS) is 1. The summed E-state index contributed by atoms with van der Waals surface area (Å²) in [5.74, 6) is -0.866. The number of nitrogen functional groups attached to an aromatic ring is 1. The minimum absolute atomic E-state index is 0.554. The zero-order valence-electron chi connectivity index (χ0n) is 8.11. The Bertz CT molecular complexity index is 374. The lowest BCUT2D eigenvalue weighted by molar-refractivity contribution is -0.142. The number of thiol groups is 1. The van der Waals surface area contributed by atoms with Gasteiger partial charge in [0, 0.05) is 10.6 Å². The van der Waals surface area contributed by atoms with Crippen LogP contribution in [0.3, 0.4) is 0 Å². The maximum Gasteiger partial charge on any atom is 0.313 e. The Labute approximate surface area is 88.3 Å². The molecule has 0 atom stereocenters. The van der Waals surface area contributed by atoms with Gasteiger partial charge < -0.3 is 10.8 Å². The van der Waals surface area contributed by atoms with Gasteiger partial charge in [0.2, 0.25) is 0 Å². The molecule has 4 heteroatoms. The van der Waals surface area contributed by atoms with E-state index < -0.39 is 11.4 Å². The fraction of sp³-hybridized carbons (Fsp3) is 0.300. The molecule has 0 radical (unpaired) electrons. The zero-order valence-corrected chi connectivity index (χ0v) is 9.01. The molecular weight excluding hydrogens is 198 g/mol. The van der Waals surface area contributed by atoms with Crippen LogP contribution in [0.15, 0.2) is 23.1 Å². The van der Waals surface area contributed by atoms with E-state index in [1.165, 1.54) is 0 Å². The number of anilines is 1. The third kappa shape index (κ3) is 1.85. The third-order valence-electron chi connectivity index (χ3n) is 2.29. The molecule has 76 valence electrons. The van der Waals surface area contributed by atoms with Crippen molar-refractivity contribution in [2.75, 3.05) is 5.73 Å². The van der Waals surface area contributed by atoms with Gasteiger partial charge in [-0.2, -0.15) is 0 Å². The predicted molar refractivity (Wildman–Crippen MR) is 58.8 cm³/mol. The fourth-order valence-corrected chi connectivity index (χ4v) is 1.27. The van der Waals surface area contributed by atoms with Crippen molar-refractivity contribution in [1.29, 1.82) is 0 Å². The number of carboxylic acids is 1. The van der Waals surface area contributed by atoms with Crippen LogP contribution in [-0.4, -0.2) is 11.1 Å². The Morgan fingerprint density at radius 1 is 1.50 bits per heavy atom. The summed E-state index contributed by atoms with van der Waals surface area (Å²) < 4.78 is 0. The molecule has 14 heavy (non-hydrogen) atoms. The van der Waals surface area contributed by atoms with E-state index in [1.807, 2.05) is 0 Å². The Kier molecular flexibility index (Phi) is 2.76.